The predicted molar refractivity (Wildman–Crippen MR) is 134 cm³/mol. The molecule has 1 unspecified atom stereocenters. The van der Waals surface area contributed by atoms with Crippen molar-refractivity contribution in [2.75, 3.05) is 13.1 Å². The van der Waals surface area contributed by atoms with Crippen LogP contribution in [0.15, 0.2) is 52.9 Å². The Hall–Kier alpha value is -3.85. The van der Waals surface area contributed by atoms with Gasteiger partial charge in [-0.2, -0.15) is 0 Å². The number of hydrogen-bond acceptors (Lipinski definition) is 5. The Balaban J connectivity index is 1.13. The van der Waals surface area contributed by atoms with Gasteiger partial charge in [-0.15, -0.1) is 0 Å². The molecule has 0 spiro atoms. The summed E-state index contributed by atoms with van der Waals surface area (Å²) < 4.78 is 36.9. The lowest BCUT2D eigenvalue weighted by molar-refractivity contribution is -0.136. The molecule has 2 saturated heterocycles. The molecule has 2 fully saturated rings. The van der Waals surface area contributed by atoms with Gasteiger partial charge >= 0.3 is 0 Å². The number of carbonyl (C=O) groups excluding carboxylic acids is 3. The van der Waals surface area contributed by atoms with E-state index in [1.54, 1.807) is 0 Å². The first kappa shape index (κ1) is 24.5. The average Bonchev–Trinajstić information content (AvgIpc) is 3.51. The monoisotopic (exact) mass is 519 g/mol. The number of piperidine rings is 2. The Morgan fingerprint density at radius 2 is 1.74 bits per heavy atom. The van der Waals surface area contributed by atoms with Crippen molar-refractivity contribution < 1.29 is 27.6 Å². The Kier molecular flexibility index (Phi) is 6.31. The normalized spacial score (nSPS) is 20.6. The maximum Gasteiger partial charge on any atom is 0.255 e. The number of likely N-dealkylation sites (tertiary alicyclic amines) is 1. The van der Waals surface area contributed by atoms with E-state index in [1.807, 2.05) is 42.5 Å². The molecule has 3 aromatic rings. The number of amides is 3. The van der Waals surface area contributed by atoms with Crippen LogP contribution in [-0.4, -0.2) is 46.7 Å². The van der Waals surface area contributed by atoms with E-state index >= 15 is 8.78 Å². The number of rotatable bonds is 5. The molecule has 3 amide bonds. The van der Waals surface area contributed by atoms with Gasteiger partial charge in [-0.25, -0.2) is 8.78 Å². The van der Waals surface area contributed by atoms with Crippen LogP contribution in [-0.2, 0) is 22.7 Å². The number of furan rings is 1. The second kappa shape index (κ2) is 9.79. The zero-order chi connectivity index (χ0) is 26.4. The van der Waals surface area contributed by atoms with Crippen molar-refractivity contribution in [2.24, 2.45) is 0 Å². The van der Waals surface area contributed by atoms with Gasteiger partial charge in [0, 0.05) is 23.1 Å². The summed E-state index contributed by atoms with van der Waals surface area (Å²) in [6.07, 6.45) is 1.42. The predicted octanol–water partition coefficient (Wildman–Crippen LogP) is 4.37. The van der Waals surface area contributed by atoms with Crippen molar-refractivity contribution in [3.8, 4) is 11.3 Å². The summed E-state index contributed by atoms with van der Waals surface area (Å²) in [5.74, 6) is -1.65. The summed E-state index contributed by atoms with van der Waals surface area (Å²) in [6, 6.07) is 14.0. The third kappa shape index (κ3) is 4.41. The van der Waals surface area contributed by atoms with Crippen molar-refractivity contribution in [3.63, 3.8) is 0 Å². The van der Waals surface area contributed by atoms with Crippen molar-refractivity contribution in [2.45, 2.75) is 50.7 Å². The summed E-state index contributed by atoms with van der Waals surface area (Å²) >= 11 is 0. The highest BCUT2D eigenvalue weighted by Crippen LogP contribution is 2.38. The van der Waals surface area contributed by atoms with Crippen LogP contribution in [0.25, 0.3) is 11.3 Å². The van der Waals surface area contributed by atoms with Crippen LogP contribution in [0.5, 0.6) is 0 Å². The molecule has 0 radical (unpaired) electrons. The number of nitrogens with zero attached hydrogens (tertiary/aromatic N) is 2. The van der Waals surface area contributed by atoms with Gasteiger partial charge in [0.2, 0.25) is 11.8 Å². The van der Waals surface area contributed by atoms with E-state index < -0.39 is 35.4 Å². The second-order valence-electron chi connectivity index (χ2n) is 10.2. The molecular weight excluding hydrogens is 492 g/mol. The average molecular weight is 520 g/mol. The first-order valence-corrected chi connectivity index (χ1v) is 12.9. The third-order valence-corrected chi connectivity index (χ3v) is 7.86. The lowest BCUT2D eigenvalue weighted by Crippen LogP contribution is -2.52. The van der Waals surface area contributed by atoms with Crippen molar-refractivity contribution in [3.05, 3.63) is 82.6 Å². The van der Waals surface area contributed by atoms with Crippen LogP contribution < -0.4 is 5.32 Å². The molecule has 0 aliphatic carbocycles. The van der Waals surface area contributed by atoms with Gasteiger partial charge in [0.25, 0.3) is 5.91 Å². The molecule has 3 aliphatic rings. The summed E-state index contributed by atoms with van der Waals surface area (Å²) in [7, 11) is 0. The molecule has 6 rings (SSSR count). The van der Waals surface area contributed by atoms with E-state index in [4.69, 9.17) is 4.42 Å². The van der Waals surface area contributed by atoms with Crippen LogP contribution in [0.2, 0.25) is 0 Å². The largest absolute Gasteiger partial charge is 0.460 e. The number of fused-ring (bicyclic) bond motifs is 1. The highest BCUT2D eigenvalue weighted by molar-refractivity contribution is 6.05. The van der Waals surface area contributed by atoms with Gasteiger partial charge in [0.1, 0.15) is 29.2 Å². The van der Waals surface area contributed by atoms with Crippen molar-refractivity contribution >= 4 is 17.7 Å². The van der Waals surface area contributed by atoms with E-state index in [0.29, 0.717) is 32.5 Å². The summed E-state index contributed by atoms with van der Waals surface area (Å²) in [5.41, 5.74) is 1.11. The topological polar surface area (TPSA) is 82.9 Å². The van der Waals surface area contributed by atoms with Gasteiger partial charge < -0.3 is 9.32 Å². The zero-order valence-corrected chi connectivity index (χ0v) is 20.7. The van der Waals surface area contributed by atoms with E-state index in [1.165, 1.54) is 4.90 Å². The molecule has 1 atom stereocenters. The fourth-order valence-corrected chi connectivity index (χ4v) is 5.85. The molecular formula is C29H27F2N3O4. The van der Waals surface area contributed by atoms with E-state index in [-0.39, 0.29) is 42.0 Å². The van der Waals surface area contributed by atoms with Gasteiger partial charge in [-0.05, 0) is 56.5 Å². The highest BCUT2D eigenvalue weighted by atomic mass is 19.1. The number of halogens is 2. The lowest BCUT2D eigenvalue weighted by atomic mass is 9.86. The van der Waals surface area contributed by atoms with Crippen LogP contribution in [0.1, 0.15) is 58.8 Å². The standard InChI is InChI=1S/C29H27F2N3O4/c30-22-14-20-21(16-34(29(20)37)23-7-9-25(35)32-28(23)36)27(31)26(22)18-10-12-33(13-11-18)15-19-6-8-24(38-19)17-4-2-1-3-5-17/h1-6,8,14,18,23H,7,9-13,15-16H2,(H,32,35,36). The van der Waals surface area contributed by atoms with E-state index in [9.17, 15) is 14.4 Å². The molecule has 4 heterocycles. The minimum atomic E-state index is -0.870. The van der Waals surface area contributed by atoms with Gasteiger partial charge in [-0.3, -0.25) is 24.6 Å². The smallest absolute Gasteiger partial charge is 0.255 e. The molecule has 196 valence electrons. The number of hydrogen-bond donors (Lipinski definition) is 1. The SMILES string of the molecule is O=C1CCC(N2Cc3c(cc(F)c(C4CCN(Cc5ccc(-c6ccccc6)o5)CC4)c3F)C2=O)C(=O)N1. The fourth-order valence-electron chi connectivity index (χ4n) is 5.85. The molecule has 1 aromatic heterocycles. The molecule has 3 aliphatic heterocycles. The molecule has 38 heavy (non-hydrogen) atoms. The summed E-state index contributed by atoms with van der Waals surface area (Å²) in [6.45, 7) is 1.82. The van der Waals surface area contributed by atoms with E-state index in [2.05, 4.69) is 10.2 Å². The van der Waals surface area contributed by atoms with Gasteiger partial charge in [-0.1, -0.05) is 30.3 Å². The van der Waals surface area contributed by atoms with Gasteiger partial charge in [0.05, 0.1) is 18.7 Å². The minimum absolute atomic E-state index is 0.0192. The molecule has 0 bridgehead atoms. The maximum absolute atomic E-state index is 15.7. The molecule has 9 heteroatoms. The first-order valence-electron chi connectivity index (χ1n) is 12.9. The number of benzene rings is 2. The Labute approximate surface area is 218 Å². The van der Waals surface area contributed by atoms with Crippen LogP contribution in [0.3, 0.4) is 0 Å². The first-order chi connectivity index (χ1) is 18.4. The molecule has 1 N–H and O–H groups in total. The quantitative estimate of drug-likeness (QED) is 0.507. The van der Waals surface area contributed by atoms with Gasteiger partial charge in [0.15, 0.2) is 0 Å². The molecule has 0 saturated carbocycles. The summed E-state index contributed by atoms with van der Waals surface area (Å²) in [5, 5.41) is 2.22. The van der Waals surface area contributed by atoms with Crippen LogP contribution in [0.4, 0.5) is 8.78 Å². The van der Waals surface area contributed by atoms with Crippen molar-refractivity contribution in [1.29, 1.82) is 0 Å². The Morgan fingerprint density at radius 1 is 0.974 bits per heavy atom. The minimum Gasteiger partial charge on any atom is -0.460 e. The van der Waals surface area contributed by atoms with E-state index in [0.717, 1.165) is 23.2 Å². The number of carbonyl (C=O) groups is 3. The Bertz CT molecular complexity index is 1410. The van der Waals surface area contributed by atoms with Crippen LogP contribution >= 0.6 is 0 Å². The molecule has 7 nitrogen and oxygen atoms in total. The zero-order valence-electron chi connectivity index (χ0n) is 20.7. The van der Waals surface area contributed by atoms with Crippen molar-refractivity contribution in [1.82, 2.24) is 15.1 Å². The number of nitrogens with one attached hydrogen (secondary N) is 1. The number of imide groups is 1. The Morgan fingerprint density at radius 3 is 2.47 bits per heavy atom. The maximum atomic E-state index is 15.7. The second-order valence-corrected chi connectivity index (χ2v) is 10.2. The molecule has 2 aromatic carbocycles. The fraction of sp³-hybridized carbons (Fsp3) is 0.345. The van der Waals surface area contributed by atoms with Crippen LogP contribution in [0, 0.1) is 11.6 Å². The summed E-state index contributed by atoms with van der Waals surface area (Å²) in [4.78, 5) is 40.2. The third-order valence-electron chi connectivity index (χ3n) is 7.86. The lowest BCUT2D eigenvalue weighted by Gasteiger charge is -2.32. The highest BCUT2D eigenvalue weighted by Gasteiger charge is 2.42.